The predicted molar refractivity (Wildman–Crippen MR) is 96.4 cm³/mol. The quantitative estimate of drug-likeness (QED) is 0.811. The van der Waals surface area contributed by atoms with Gasteiger partial charge in [-0.2, -0.15) is 0 Å². The van der Waals surface area contributed by atoms with Crippen molar-refractivity contribution in [2.24, 2.45) is 5.92 Å². The minimum absolute atomic E-state index is 0.000640. The van der Waals surface area contributed by atoms with Crippen molar-refractivity contribution in [1.82, 2.24) is 20.2 Å². The largest absolute Gasteiger partial charge is 0.386 e. The fraction of sp³-hybridized carbons (Fsp3) is 0.722. The smallest absolute Gasteiger partial charge is 0.234 e. The fourth-order valence-corrected chi connectivity index (χ4v) is 3.55. The van der Waals surface area contributed by atoms with Gasteiger partial charge in [-0.1, -0.05) is 6.92 Å². The number of nitrogens with zero attached hydrogens (tertiary/aromatic N) is 4. The molecule has 0 aliphatic carbocycles. The zero-order valence-electron chi connectivity index (χ0n) is 15.2. The van der Waals surface area contributed by atoms with Gasteiger partial charge in [-0.25, -0.2) is 9.97 Å². The summed E-state index contributed by atoms with van der Waals surface area (Å²) < 4.78 is 0. The van der Waals surface area contributed by atoms with E-state index in [-0.39, 0.29) is 12.5 Å². The molecule has 0 saturated carbocycles. The lowest BCUT2D eigenvalue weighted by atomic mass is 9.99. The molecule has 0 spiro atoms. The van der Waals surface area contributed by atoms with Gasteiger partial charge in [0.05, 0.1) is 6.54 Å². The van der Waals surface area contributed by atoms with Crippen molar-refractivity contribution >= 4 is 11.7 Å². The molecule has 25 heavy (non-hydrogen) atoms. The summed E-state index contributed by atoms with van der Waals surface area (Å²) in [6.07, 6.45) is 4.48. The van der Waals surface area contributed by atoms with Crippen LogP contribution in [-0.2, 0) is 4.79 Å². The first-order chi connectivity index (χ1) is 11.9. The van der Waals surface area contributed by atoms with Crippen molar-refractivity contribution in [3.63, 3.8) is 0 Å². The zero-order chi connectivity index (χ0) is 17.9. The molecule has 0 unspecified atom stereocenters. The van der Waals surface area contributed by atoms with E-state index in [1.165, 1.54) is 0 Å². The van der Waals surface area contributed by atoms with Gasteiger partial charge in [0.1, 0.15) is 17.7 Å². The van der Waals surface area contributed by atoms with E-state index in [2.05, 4.69) is 27.1 Å². The number of likely N-dealkylation sites (tertiary alicyclic amines) is 1. The van der Waals surface area contributed by atoms with E-state index in [0.29, 0.717) is 19.5 Å². The first kappa shape index (κ1) is 18.1. The Morgan fingerprint density at radius 2 is 2.12 bits per heavy atom. The number of carbonyl (C=O) groups is 1. The first-order valence-corrected chi connectivity index (χ1v) is 9.19. The second kappa shape index (κ2) is 7.66. The van der Waals surface area contributed by atoms with E-state index in [1.54, 1.807) is 6.33 Å². The van der Waals surface area contributed by atoms with Crippen LogP contribution in [0, 0.1) is 12.8 Å². The molecule has 138 valence electrons. The lowest BCUT2D eigenvalue weighted by Gasteiger charge is -2.30. The van der Waals surface area contributed by atoms with Gasteiger partial charge in [0.25, 0.3) is 0 Å². The van der Waals surface area contributed by atoms with Gasteiger partial charge in [0.15, 0.2) is 0 Å². The number of anilines is 1. The number of carbonyl (C=O) groups excluding carboxylic acids is 1. The Labute approximate surface area is 149 Å². The van der Waals surface area contributed by atoms with E-state index in [0.717, 1.165) is 49.9 Å². The average molecular weight is 347 g/mol. The molecule has 7 heteroatoms. The van der Waals surface area contributed by atoms with Crippen LogP contribution in [0.4, 0.5) is 5.82 Å². The summed E-state index contributed by atoms with van der Waals surface area (Å²) >= 11 is 0. The molecule has 1 aromatic heterocycles. The van der Waals surface area contributed by atoms with E-state index < -0.39 is 5.60 Å². The normalized spacial score (nSPS) is 25.3. The maximum atomic E-state index is 12.2. The van der Waals surface area contributed by atoms with Crippen LogP contribution in [-0.4, -0.2) is 70.8 Å². The van der Waals surface area contributed by atoms with Crippen LogP contribution in [0.25, 0.3) is 0 Å². The van der Waals surface area contributed by atoms with Gasteiger partial charge < -0.3 is 15.3 Å². The summed E-state index contributed by atoms with van der Waals surface area (Å²) in [5.74, 6) is 1.59. The summed E-state index contributed by atoms with van der Waals surface area (Å²) in [7, 11) is 0. The van der Waals surface area contributed by atoms with Crippen LogP contribution in [0.2, 0.25) is 0 Å². The molecule has 0 radical (unpaired) electrons. The molecule has 2 aliphatic heterocycles. The summed E-state index contributed by atoms with van der Waals surface area (Å²) in [5.41, 5.74) is 0.00914. The molecular weight excluding hydrogens is 318 g/mol. The monoisotopic (exact) mass is 347 g/mol. The molecule has 1 amide bonds. The van der Waals surface area contributed by atoms with Crippen molar-refractivity contribution in [3.8, 4) is 0 Å². The molecule has 0 aromatic carbocycles. The number of rotatable bonds is 5. The second-order valence-electron chi connectivity index (χ2n) is 7.65. The lowest BCUT2D eigenvalue weighted by Crippen LogP contribution is -2.48. The third-order valence-corrected chi connectivity index (χ3v) is 5.30. The van der Waals surface area contributed by atoms with Crippen molar-refractivity contribution in [2.45, 2.75) is 38.7 Å². The number of aliphatic hydroxyl groups is 1. The summed E-state index contributed by atoms with van der Waals surface area (Å²) in [6, 6.07) is 1.92. The number of amides is 1. The number of hydrogen-bond donors (Lipinski definition) is 2. The summed E-state index contributed by atoms with van der Waals surface area (Å²) in [5, 5.41) is 13.7. The van der Waals surface area contributed by atoms with Gasteiger partial charge in [0.2, 0.25) is 5.91 Å². The van der Waals surface area contributed by atoms with Crippen LogP contribution >= 0.6 is 0 Å². The number of aromatic nitrogens is 2. The van der Waals surface area contributed by atoms with Crippen LogP contribution in [0.5, 0.6) is 0 Å². The lowest BCUT2D eigenvalue weighted by molar-refractivity contribution is -0.123. The zero-order valence-corrected chi connectivity index (χ0v) is 15.2. The first-order valence-electron chi connectivity index (χ1n) is 9.19. The summed E-state index contributed by atoms with van der Waals surface area (Å²) in [4.78, 5) is 24.8. The third kappa shape index (κ3) is 4.89. The molecule has 1 aromatic rings. The van der Waals surface area contributed by atoms with Crippen molar-refractivity contribution < 1.29 is 9.90 Å². The van der Waals surface area contributed by atoms with Gasteiger partial charge in [-0.05, 0) is 45.2 Å². The maximum Gasteiger partial charge on any atom is 0.234 e. The molecule has 7 nitrogen and oxygen atoms in total. The van der Waals surface area contributed by atoms with Crippen molar-refractivity contribution in [1.29, 1.82) is 0 Å². The second-order valence-corrected chi connectivity index (χ2v) is 7.65. The van der Waals surface area contributed by atoms with E-state index in [9.17, 15) is 9.90 Å². The molecular formula is C18H29N5O2. The number of nitrogens with one attached hydrogen (secondary N) is 1. The standard InChI is InChI=1S/C18H29N5O2/c1-14-3-6-22(7-4-14)10-17(24)19-11-18(25)5-8-23(12-18)16-9-15(2)20-13-21-16/h9,13-14,25H,3-8,10-12H2,1-2H3,(H,19,24)/t18-/m1/s1. The van der Waals surface area contributed by atoms with Gasteiger partial charge in [0, 0.05) is 31.4 Å². The minimum atomic E-state index is -0.898. The Morgan fingerprint density at radius 3 is 2.84 bits per heavy atom. The van der Waals surface area contributed by atoms with E-state index in [1.807, 2.05) is 17.9 Å². The summed E-state index contributed by atoms with van der Waals surface area (Å²) in [6.45, 7) is 8.08. The molecule has 2 saturated heterocycles. The Morgan fingerprint density at radius 1 is 1.36 bits per heavy atom. The van der Waals surface area contributed by atoms with Crippen molar-refractivity contribution in [3.05, 3.63) is 18.1 Å². The minimum Gasteiger partial charge on any atom is -0.386 e. The molecule has 3 rings (SSSR count). The Hall–Kier alpha value is -1.73. The highest BCUT2D eigenvalue weighted by Crippen LogP contribution is 2.25. The predicted octanol–water partition coefficient (Wildman–Crippen LogP) is 0.574. The maximum absolute atomic E-state index is 12.2. The number of β-amino-alcohol motifs (C(OH)–C–C–N with tert-alkyl or cyclic N) is 1. The number of hydrogen-bond acceptors (Lipinski definition) is 6. The molecule has 1 atom stereocenters. The Bertz CT molecular complexity index is 603. The van der Waals surface area contributed by atoms with Gasteiger partial charge in [-0.15, -0.1) is 0 Å². The SMILES string of the molecule is Cc1cc(N2CC[C@@](O)(CNC(=O)CN3CCC(C)CC3)C2)ncn1. The van der Waals surface area contributed by atoms with E-state index >= 15 is 0 Å². The third-order valence-electron chi connectivity index (χ3n) is 5.30. The average Bonchev–Trinajstić information content (AvgIpc) is 2.98. The molecule has 0 bridgehead atoms. The Kier molecular flexibility index (Phi) is 5.54. The number of aryl methyl sites for hydroxylation is 1. The van der Waals surface area contributed by atoms with Gasteiger partial charge in [-0.3, -0.25) is 9.69 Å². The highest BCUT2D eigenvalue weighted by Gasteiger charge is 2.37. The molecule has 2 fully saturated rings. The molecule has 2 aliphatic rings. The number of piperidine rings is 1. The fourth-order valence-electron chi connectivity index (χ4n) is 3.55. The van der Waals surface area contributed by atoms with Gasteiger partial charge >= 0.3 is 0 Å². The van der Waals surface area contributed by atoms with Crippen LogP contribution < -0.4 is 10.2 Å². The van der Waals surface area contributed by atoms with Crippen LogP contribution in [0.1, 0.15) is 31.9 Å². The van der Waals surface area contributed by atoms with E-state index in [4.69, 9.17) is 0 Å². The highest BCUT2D eigenvalue weighted by atomic mass is 16.3. The van der Waals surface area contributed by atoms with Crippen LogP contribution in [0.15, 0.2) is 12.4 Å². The van der Waals surface area contributed by atoms with Crippen molar-refractivity contribution in [2.75, 3.05) is 44.2 Å². The molecule has 2 N–H and O–H groups in total. The molecule has 3 heterocycles. The van der Waals surface area contributed by atoms with Crippen LogP contribution in [0.3, 0.4) is 0 Å². The highest BCUT2D eigenvalue weighted by molar-refractivity contribution is 5.78. The topological polar surface area (TPSA) is 81.6 Å². The Balaban J connectivity index is 1.45.